The van der Waals surface area contributed by atoms with Crippen molar-refractivity contribution in [2.75, 3.05) is 6.61 Å². The van der Waals surface area contributed by atoms with Crippen LogP contribution in [0.2, 0.25) is 10.0 Å². The largest absolute Gasteiger partial charge is 0.490 e. The summed E-state index contributed by atoms with van der Waals surface area (Å²) in [6.07, 6.45) is 1.47. The van der Waals surface area contributed by atoms with Crippen LogP contribution in [-0.2, 0) is 6.61 Å². The number of nitrogens with zero attached hydrogens (tertiary/aromatic N) is 1. The second-order valence-electron chi connectivity index (χ2n) is 8.14. The van der Waals surface area contributed by atoms with Crippen LogP contribution >= 0.6 is 23.2 Å². The van der Waals surface area contributed by atoms with E-state index in [9.17, 15) is 9.59 Å². The van der Waals surface area contributed by atoms with E-state index in [0.29, 0.717) is 44.8 Å². The first-order chi connectivity index (χ1) is 18.9. The van der Waals surface area contributed by atoms with Gasteiger partial charge in [0.05, 0.1) is 18.4 Å². The average molecular weight is 563 g/mol. The third-order valence-electron chi connectivity index (χ3n) is 5.39. The fourth-order valence-electron chi connectivity index (χ4n) is 3.42. The lowest BCUT2D eigenvalue weighted by Crippen LogP contribution is -2.17. The maximum Gasteiger partial charge on any atom is 0.343 e. The molecular formula is C30H24Cl2N2O5. The highest BCUT2D eigenvalue weighted by atomic mass is 35.5. The third kappa shape index (κ3) is 7.83. The number of nitrogens with one attached hydrogen (secondary N) is 1. The number of ether oxygens (including phenoxy) is 3. The molecule has 1 N–H and O–H groups in total. The lowest BCUT2D eigenvalue weighted by Gasteiger charge is -2.11. The van der Waals surface area contributed by atoms with Crippen molar-refractivity contribution in [2.24, 2.45) is 5.10 Å². The molecule has 0 radical (unpaired) electrons. The Kier molecular flexibility index (Phi) is 9.56. The fraction of sp³-hybridized carbons (Fsp3) is 0.100. The molecule has 0 aliphatic carbocycles. The predicted molar refractivity (Wildman–Crippen MR) is 151 cm³/mol. The number of rotatable bonds is 10. The first kappa shape index (κ1) is 27.7. The van der Waals surface area contributed by atoms with Crippen LogP contribution in [0, 0.1) is 0 Å². The molecule has 0 aliphatic rings. The molecule has 0 aliphatic heterocycles. The number of benzene rings is 4. The van der Waals surface area contributed by atoms with Gasteiger partial charge in [-0.1, -0.05) is 47.5 Å². The lowest BCUT2D eigenvalue weighted by atomic mass is 10.2. The Labute approximate surface area is 235 Å². The minimum Gasteiger partial charge on any atom is -0.490 e. The number of amides is 1. The number of halogens is 2. The smallest absolute Gasteiger partial charge is 0.343 e. The normalized spacial score (nSPS) is 10.7. The van der Waals surface area contributed by atoms with E-state index in [1.165, 1.54) is 6.21 Å². The zero-order valence-corrected chi connectivity index (χ0v) is 22.4. The summed E-state index contributed by atoms with van der Waals surface area (Å²) in [4.78, 5) is 24.9. The molecule has 7 nitrogen and oxygen atoms in total. The molecule has 4 aromatic rings. The van der Waals surface area contributed by atoms with E-state index in [0.717, 1.165) is 5.56 Å². The van der Waals surface area contributed by atoms with Gasteiger partial charge in [-0.05, 0) is 79.2 Å². The van der Waals surface area contributed by atoms with Crippen molar-refractivity contribution in [2.45, 2.75) is 13.5 Å². The monoisotopic (exact) mass is 562 g/mol. The molecule has 0 spiro atoms. The molecule has 1 amide bonds. The molecule has 0 bridgehead atoms. The highest BCUT2D eigenvalue weighted by Crippen LogP contribution is 2.29. The number of carbonyl (C=O) groups is 2. The number of hydrogen-bond acceptors (Lipinski definition) is 6. The first-order valence-electron chi connectivity index (χ1n) is 12.0. The summed E-state index contributed by atoms with van der Waals surface area (Å²) >= 11 is 12.1. The second kappa shape index (κ2) is 13.5. The van der Waals surface area contributed by atoms with Gasteiger partial charge in [-0.25, -0.2) is 10.2 Å². The van der Waals surface area contributed by atoms with E-state index in [2.05, 4.69) is 10.5 Å². The van der Waals surface area contributed by atoms with E-state index in [-0.39, 0.29) is 12.4 Å². The molecule has 9 heteroatoms. The Balaban J connectivity index is 1.34. The van der Waals surface area contributed by atoms with Gasteiger partial charge in [-0.15, -0.1) is 0 Å². The van der Waals surface area contributed by atoms with Crippen LogP contribution in [0.4, 0.5) is 0 Å². The second-order valence-corrected chi connectivity index (χ2v) is 8.99. The fourth-order valence-corrected chi connectivity index (χ4v) is 3.89. The van der Waals surface area contributed by atoms with E-state index < -0.39 is 11.9 Å². The summed E-state index contributed by atoms with van der Waals surface area (Å²) in [6, 6.07) is 25.5. The third-order valence-corrected chi connectivity index (χ3v) is 5.97. The molecule has 0 saturated heterocycles. The van der Waals surface area contributed by atoms with Crippen LogP contribution in [0.25, 0.3) is 0 Å². The van der Waals surface area contributed by atoms with Crippen molar-refractivity contribution in [3.05, 3.63) is 123 Å². The molecule has 39 heavy (non-hydrogen) atoms. The summed E-state index contributed by atoms with van der Waals surface area (Å²) < 4.78 is 16.9. The molecular weight excluding hydrogens is 539 g/mol. The first-order valence-corrected chi connectivity index (χ1v) is 12.7. The molecule has 0 fully saturated rings. The Morgan fingerprint density at radius 2 is 1.62 bits per heavy atom. The van der Waals surface area contributed by atoms with Crippen molar-refractivity contribution >= 4 is 41.3 Å². The standard InChI is InChI=1S/C30H24Cl2N2O5/c1-2-37-28-16-20(8-15-27(28)39-30(36)22-6-4-3-5-7-22)18-33-34-29(35)21-10-13-25(14-11-21)38-19-23-9-12-24(31)17-26(23)32/h3-18H,2,19H2,1H3,(H,34,35)/b33-18+. The maximum atomic E-state index is 12.5. The predicted octanol–water partition coefficient (Wildman–Crippen LogP) is 6.95. The van der Waals surface area contributed by atoms with Crippen molar-refractivity contribution in [1.29, 1.82) is 0 Å². The van der Waals surface area contributed by atoms with Gasteiger partial charge in [-0.3, -0.25) is 4.79 Å². The molecule has 4 aromatic carbocycles. The minimum absolute atomic E-state index is 0.264. The molecule has 0 atom stereocenters. The summed E-state index contributed by atoms with van der Waals surface area (Å²) in [5.74, 6) is 0.366. The van der Waals surface area contributed by atoms with Gasteiger partial charge in [-0.2, -0.15) is 5.10 Å². The summed E-state index contributed by atoms with van der Waals surface area (Å²) in [6.45, 7) is 2.46. The zero-order valence-electron chi connectivity index (χ0n) is 20.9. The van der Waals surface area contributed by atoms with Gasteiger partial charge in [0.15, 0.2) is 11.5 Å². The number of hydrogen-bond donors (Lipinski definition) is 1. The van der Waals surface area contributed by atoms with E-state index in [1.807, 2.05) is 13.0 Å². The molecule has 0 unspecified atom stereocenters. The van der Waals surface area contributed by atoms with Gasteiger partial charge in [0.25, 0.3) is 5.91 Å². The van der Waals surface area contributed by atoms with Crippen molar-refractivity contribution < 1.29 is 23.8 Å². The van der Waals surface area contributed by atoms with E-state index in [4.69, 9.17) is 37.4 Å². The zero-order chi connectivity index (χ0) is 27.6. The number of esters is 1. The molecule has 0 saturated carbocycles. The van der Waals surface area contributed by atoms with E-state index in [1.54, 1.807) is 84.9 Å². The molecule has 198 valence electrons. The molecule has 0 aromatic heterocycles. The average Bonchev–Trinajstić information content (AvgIpc) is 2.94. The number of carbonyl (C=O) groups excluding carboxylic acids is 2. The van der Waals surface area contributed by atoms with Gasteiger partial charge in [0.1, 0.15) is 12.4 Å². The molecule has 4 rings (SSSR count). The van der Waals surface area contributed by atoms with Crippen LogP contribution in [0.1, 0.15) is 38.8 Å². The maximum absolute atomic E-state index is 12.5. The van der Waals surface area contributed by atoms with Gasteiger partial charge in [0.2, 0.25) is 0 Å². The van der Waals surface area contributed by atoms with Crippen LogP contribution in [0.3, 0.4) is 0 Å². The van der Waals surface area contributed by atoms with Crippen LogP contribution in [0.5, 0.6) is 17.2 Å². The van der Waals surface area contributed by atoms with Crippen LogP contribution in [0.15, 0.2) is 96.1 Å². The van der Waals surface area contributed by atoms with Gasteiger partial charge in [0, 0.05) is 21.2 Å². The highest BCUT2D eigenvalue weighted by molar-refractivity contribution is 6.35. The van der Waals surface area contributed by atoms with Crippen LogP contribution < -0.4 is 19.6 Å². The topological polar surface area (TPSA) is 86.2 Å². The Hall–Kier alpha value is -4.33. The quantitative estimate of drug-likeness (QED) is 0.0977. The minimum atomic E-state index is -0.490. The van der Waals surface area contributed by atoms with Gasteiger partial charge < -0.3 is 14.2 Å². The van der Waals surface area contributed by atoms with Crippen molar-refractivity contribution in [3.8, 4) is 17.2 Å². The van der Waals surface area contributed by atoms with Crippen LogP contribution in [-0.4, -0.2) is 24.7 Å². The van der Waals surface area contributed by atoms with Crippen molar-refractivity contribution in [1.82, 2.24) is 5.43 Å². The summed E-state index contributed by atoms with van der Waals surface area (Å²) in [7, 11) is 0. The Bertz CT molecular complexity index is 1470. The lowest BCUT2D eigenvalue weighted by molar-refractivity contribution is 0.0728. The van der Waals surface area contributed by atoms with Crippen molar-refractivity contribution in [3.63, 3.8) is 0 Å². The Morgan fingerprint density at radius 1 is 0.846 bits per heavy atom. The molecule has 0 heterocycles. The SMILES string of the molecule is CCOc1cc(/C=N/NC(=O)c2ccc(OCc3ccc(Cl)cc3Cl)cc2)ccc1OC(=O)c1ccccc1. The van der Waals surface area contributed by atoms with Gasteiger partial charge >= 0.3 is 5.97 Å². The highest BCUT2D eigenvalue weighted by Gasteiger charge is 2.13. The summed E-state index contributed by atoms with van der Waals surface area (Å²) in [5, 5.41) is 5.10. The summed E-state index contributed by atoms with van der Waals surface area (Å²) in [5.41, 5.74) is 4.76. The number of hydrazone groups is 1. The van der Waals surface area contributed by atoms with E-state index >= 15 is 0 Å². The Morgan fingerprint density at radius 3 is 2.33 bits per heavy atom.